The van der Waals surface area contributed by atoms with Crippen LogP contribution in [0.15, 0.2) is 58.2 Å². The van der Waals surface area contributed by atoms with Gasteiger partial charge in [-0.3, -0.25) is 14.2 Å². The van der Waals surface area contributed by atoms with Crippen LogP contribution in [0.25, 0.3) is 5.69 Å². The molecule has 8 nitrogen and oxygen atoms in total. The summed E-state index contributed by atoms with van der Waals surface area (Å²) in [5.41, 5.74) is 0.349. The second-order valence-electron chi connectivity index (χ2n) is 6.18. The van der Waals surface area contributed by atoms with Crippen molar-refractivity contribution in [1.82, 2.24) is 9.36 Å². The number of ether oxygens (including phenoxy) is 1. The lowest BCUT2D eigenvalue weighted by Crippen LogP contribution is -2.23. The van der Waals surface area contributed by atoms with Crippen molar-refractivity contribution in [2.45, 2.75) is 11.8 Å². The van der Waals surface area contributed by atoms with E-state index in [2.05, 4.69) is 9.46 Å². The van der Waals surface area contributed by atoms with E-state index in [1.54, 1.807) is 42.9 Å². The van der Waals surface area contributed by atoms with Crippen molar-refractivity contribution >= 4 is 33.3 Å². The Labute approximate surface area is 172 Å². The van der Waals surface area contributed by atoms with Crippen molar-refractivity contribution in [2.24, 2.45) is 7.05 Å². The van der Waals surface area contributed by atoms with Crippen molar-refractivity contribution in [2.75, 3.05) is 11.8 Å². The van der Waals surface area contributed by atoms with Gasteiger partial charge in [0.05, 0.1) is 29.1 Å². The highest BCUT2D eigenvalue weighted by Gasteiger charge is 2.25. The molecule has 1 N–H and O–H groups in total. The van der Waals surface area contributed by atoms with Crippen LogP contribution in [0.1, 0.15) is 16.1 Å². The van der Waals surface area contributed by atoms with E-state index in [-0.39, 0.29) is 21.2 Å². The molecule has 0 radical (unpaired) electrons. The molecule has 0 aliphatic rings. The topological polar surface area (TPSA) is 99.4 Å². The standard InChI is InChI=1S/C19H18ClN3O5S/c1-12-17(18(24)23(22(12)2)14-7-5-4-6-8-14)21-29(26,27)16-11-13(19(25)28-3)9-10-15(16)20/h4-11,21H,1-3H3. The van der Waals surface area contributed by atoms with Gasteiger partial charge in [-0.2, -0.15) is 0 Å². The summed E-state index contributed by atoms with van der Waals surface area (Å²) in [5, 5.41) is -0.0953. The summed E-state index contributed by atoms with van der Waals surface area (Å²) < 4.78 is 35.7. The molecule has 1 heterocycles. The molecule has 2 aromatic carbocycles. The first kappa shape index (κ1) is 20.7. The first-order valence-electron chi connectivity index (χ1n) is 8.42. The van der Waals surface area contributed by atoms with Crippen LogP contribution in [-0.4, -0.2) is 30.9 Å². The second kappa shape index (κ2) is 7.76. The SMILES string of the molecule is COC(=O)c1ccc(Cl)c(S(=O)(=O)Nc2c(C)n(C)n(-c3ccccc3)c2=O)c1. The normalized spacial score (nSPS) is 11.3. The Bertz CT molecular complexity index is 1250. The number of halogens is 1. The minimum atomic E-state index is -4.26. The average molecular weight is 436 g/mol. The van der Waals surface area contributed by atoms with Crippen molar-refractivity contribution in [3.63, 3.8) is 0 Å². The Balaban J connectivity index is 2.09. The van der Waals surface area contributed by atoms with E-state index in [9.17, 15) is 18.0 Å². The summed E-state index contributed by atoms with van der Waals surface area (Å²) in [7, 11) is -1.43. The molecule has 0 bridgehead atoms. The highest BCUT2D eigenvalue weighted by Crippen LogP contribution is 2.26. The smallest absolute Gasteiger partial charge is 0.337 e. The molecule has 1 aromatic heterocycles. The molecule has 3 rings (SSSR count). The summed E-state index contributed by atoms with van der Waals surface area (Å²) in [6.07, 6.45) is 0. The number of nitrogens with zero attached hydrogens (tertiary/aromatic N) is 2. The zero-order valence-electron chi connectivity index (χ0n) is 15.8. The third-order valence-electron chi connectivity index (χ3n) is 4.43. The van der Waals surface area contributed by atoms with E-state index in [0.717, 1.165) is 6.07 Å². The third-order valence-corrected chi connectivity index (χ3v) is 6.26. The van der Waals surface area contributed by atoms with Crippen LogP contribution in [0.5, 0.6) is 0 Å². The molecule has 0 saturated carbocycles. The number of carbonyl (C=O) groups excluding carboxylic acids is 1. The van der Waals surface area contributed by atoms with E-state index in [1.807, 2.05) is 6.07 Å². The van der Waals surface area contributed by atoms with E-state index < -0.39 is 21.6 Å². The summed E-state index contributed by atoms with van der Waals surface area (Å²) in [4.78, 5) is 24.3. The van der Waals surface area contributed by atoms with Gasteiger partial charge in [0.25, 0.3) is 15.6 Å². The highest BCUT2D eigenvalue weighted by molar-refractivity contribution is 7.92. The largest absolute Gasteiger partial charge is 0.465 e. The van der Waals surface area contributed by atoms with E-state index >= 15 is 0 Å². The number of para-hydroxylation sites is 1. The molecule has 0 spiro atoms. The Morgan fingerprint density at radius 1 is 1.14 bits per heavy atom. The third kappa shape index (κ3) is 3.79. The number of methoxy groups -OCH3 is 1. The fraction of sp³-hybridized carbons (Fsp3) is 0.158. The molecule has 0 amide bonds. The molecule has 0 saturated heterocycles. The number of nitrogens with one attached hydrogen (secondary N) is 1. The summed E-state index contributed by atoms with van der Waals surface area (Å²) >= 11 is 6.05. The number of anilines is 1. The number of hydrogen-bond donors (Lipinski definition) is 1. The van der Waals surface area contributed by atoms with Gasteiger partial charge >= 0.3 is 5.97 Å². The molecule has 0 aliphatic heterocycles. The van der Waals surface area contributed by atoms with Crippen LogP contribution in [0, 0.1) is 6.92 Å². The zero-order valence-corrected chi connectivity index (χ0v) is 17.4. The monoisotopic (exact) mass is 435 g/mol. The van der Waals surface area contributed by atoms with Crippen molar-refractivity contribution in [1.29, 1.82) is 0 Å². The Morgan fingerprint density at radius 2 is 1.79 bits per heavy atom. The number of carbonyl (C=O) groups is 1. The van der Waals surface area contributed by atoms with Crippen molar-refractivity contribution in [3.8, 4) is 5.69 Å². The van der Waals surface area contributed by atoms with E-state index in [0.29, 0.717) is 11.4 Å². The molecular formula is C19H18ClN3O5S. The lowest BCUT2D eigenvalue weighted by molar-refractivity contribution is 0.0600. The minimum absolute atomic E-state index is 0.0174. The maximum absolute atomic E-state index is 12.9. The fourth-order valence-electron chi connectivity index (χ4n) is 2.83. The fourth-order valence-corrected chi connectivity index (χ4v) is 4.47. The summed E-state index contributed by atoms with van der Waals surface area (Å²) in [6.45, 7) is 1.62. The van der Waals surface area contributed by atoms with Crippen LogP contribution in [0.4, 0.5) is 5.69 Å². The van der Waals surface area contributed by atoms with Crippen LogP contribution in [0.2, 0.25) is 5.02 Å². The molecule has 0 unspecified atom stereocenters. The van der Waals surface area contributed by atoms with Gasteiger partial charge in [-0.05, 0) is 37.3 Å². The van der Waals surface area contributed by atoms with Gasteiger partial charge in [-0.15, -0.1) is 0 Å². The maximum atomic E-state index is 12.9. The number of benzene rings is 2. The van der Waals surface area contributed by atoms with Gasteiger partial charge in [0.15, 0.2) is 0 Å². The molecule has 10 heteroatoms. The van der Waals surface area contributed by atoms with Crippen molar-refractivity contribution in [3.05, 3.63) is 75.2 Å². The second-order valence-corrected chi connectivity index (χ2v) is 8.24. The van der Waals surface area contributed by atoms with Crippen LogP contribution in [0.3, 0.4) is 0 Å². The highest BCUT2D eigenvalue weighted by atomic mass is 35.5. The molecule has 0 fully saturated rings. The molecule has 152 valence electrons. The quantitative estimate of drug-likeness (QED) is 0.621. The summed E-state index contributed by atoms with van der Waals surface area (Å²) in [5.74, 6) is -0.708. The van der Waals surface area contributed by atoms with Crippen molar-refractivity contribution < 1.29 is 17.9 Å². The zero-order chi connectivity index (χ0) is 21.3. The lowest BCUT2D eigenvalue weighted by Gasteiger charge is -2.10. The van der Waals surface area contributed by atoms with E-state index in [1.165, 1.54) is 23.9 Å². The van der Waals surface area contributed by atoms with Gasteiger partial charge in [0.2, 0.25) is 0 Å². The van der Waals surface area contributed by atoms with Gasteiger partial charge in [-0.25, -0.2) is 17.9 Å². The van der Waals surface area contributed by atoms with Crippen LogP contribution >= 0.6 is 11.6 Å². The minimum Gasteiger partial charge on any atom is -0.465 e. The van der Waals surface area contributed by atoms with Crippen LogP contribution in [-0.2, 0) is 21.8 Å². The maximum Gasteiger partial charge on any atom is 0.337 e. The van der Waals surface area contributed by atoms with Crippen LogP contribution < -0.4 is 10.3 Å². The number of esters is 1. The Morgan fingerprint density at radius 3 is 2.41 bits per heavy atom. The molecule has 0 atom stereocenters. The van der Waals surface area contributed by atoms with E-state index in [4.69, 9.17) is 11.6 Å². The predicted molar refractivity (Wildman–Crippen MR) is 109 cm³/mol. The lowest BCUT2D eigenvalue weighted by atomic mass is 10.2. The van der Waals surface area contributed by atoms with Gasteiger partial charge < -0.3 is 4.74 Å². The van der Waals surface area contributed by atoms with Gasteiger partial charge in [0.1, 0.15) is 10.6 Å². The first-order valence-corrected chi connectivity index (χ1v) is 10.3. The number of sulfonamides is 1. The average Bonchev–Trinajstić information content (AvgIpc) is 2.91. The number of rotatable bonds is 5. The first-order chi connectivity index (χ1) is 13.7. The molecule has 0 aliphatic carbocycles. The predicted octanol–water partition coefficient (Wildman–Crippen LogP) is 2.73. The molecule has 3 aromatic rings. The Hall–Kier alpha value is -3.04. The number of hydrogen-bond acceptors (Lipinski definition) is 5. The molecular weight excluding hydrogens is 418 g/mol. The Kier molecular flexibility index (Phi) is 5.54. The summed E-state index contributed by atoms with van der Waals surface area (Å²) in [6, 6.07) is 12.5. The molecule has 29 heavy (non-hydrogen) atoms. The van der Waals surface area contributed by atoms with Gasteiger partial charge in [0, 0.05) is 7.05 Å². The van der Waals surface area contributed by atoms with Gasteiger partial charge in [-0.1, -0.05) is 29.8 Å². The number of aromatic nitrogens is 2.